The first-order valence-electron chi connectivity index (χ1n) is 18.9. The second-order valence-corrected chi connectivity index (χ2v) is 15.8. The van der Waals surface area contributed by atoms with E-state index < -0.39 is 59.1 Å². The van der Waals surface area contributed by atoms with Crippen LogP contribution in [0.25, 0.3) is 33.6 Å². The summed E-state index contributed by atoms with van der Waals surface area (Å²) in [5.74, 6) is -1.90. The van der Waals surface area contributed by atoms with Crippen molar-refractivity contribution in [2.45, 2.75) is 63.7 Å². The first kappa shape index (κ1) is 57.9. The predicted molar refractivity (Wildman–Crippen MR) is 221 cm³/mol. The van der Waals surface area contributed by atoms with Gasteiger partial charge < -0.3 is 24.5 Å². The standard InChI is InChI=1S/C23H17ClF7NO2.C22H15ClF7NO2.Li.H2O/c1-12-8-16(21(25,22(26,27)28)23(29,30)31)9-13(2)19(12)32-7-6-15(11-32)14-4-5-18(24)17(10-14)20(33)34-3;1-11-7-15(20(24,21(25,26)27)22(28,29)30)8-12(2)18(11)31-6-5-14(10-31)13-3-4-17(23)16(9-13)19(32)33;;/h4-11H,1-3H3;3-10H,1-2H3,(H,32,33);;1H2/q;;+1;/p-1. The van der Waals surface area contributed by atoms with Gasteiger partial charge in [-0.25, -0.2) is 18.4 Å². The fraction of sp³-hybridized carbons (Fsp3) is 0.244. The maximum atomic E-state index is 14.5. The number of halogens is 16. The number of aromatic nitrogens is 2. The van der Waals surface area contributed by atoms with Gasteiger partial charge in [0.05, 0.1) is 39.7 Å². The van der Waals surface area contributed by atoms with E-state index in [4.69, 9.17) is 23.2 Å². The second kappa shape index (κ2) is 20.5. The number of esters is 1. The van der Waals surface area contributed by atoms with Gasteiger partial charge in [-0.3, -0.25) is 0 Å². The smallest absolute Gasteiger partial charge is 0.870 e. The summed E-state index contributed by atoms with van der Waals surface area (Å²) in [4.78, 5) is 23.2. The van der Waals surface area contributed by atoms with Crippen LogP contribution >= 0.6 is 23.2 Å². The molecule has 69 heavy (non-hydrogen) atoms. The molecule has 0 aliphatic rings. The Bertz CT molecular complexity index is 2790. The van der Waals surface area contributed by atoms with Crippen LogP contribution < -0.4 is 18.9 Å². The van der Waals surface area contributed by atoms with Crippen molar-refractivity contribution in [1.29, 1.82) is 0 Å². The number of carbonyl (C=O) groups is 2. The summed E-state index contributed by atoms with van der Waals surface area (Å²) in [5, 5.41) is 9.41. The summed E-state index contributed by atoms with van der Waals surface area (Å²) >= 11 is 11.9. The van der Waals surface area contributed by atoms with Crippen molar-refractivity contribution in [3.63, 3.8) is 0 Å². The molecule has 2 aromatic heterocycles. The third kappa shape index (κ3) is 11.0. The van der Waals surface area contributed by atoms with Gasteiger partial charge in [0, 0.05) is 35.9 Å². The minimum absolute atomic E-state index is 0. The van der Waals surface area contributed by atoms with E-state index in [0.717, 1.165) is 0 Å². The summed E-state index contributed by atoms with van der Waals surface area (Å²) in [6.07, 6.45) is -18.7. The number of methoxy groups -OCH3 is 1. The molecule has 0 saturated heterocycles. The summed E-state index contributed by atoms with van der Waals surface area (Å²) in [7, 11) is 1.20. The molecule has 0 bridgehead atoms. The second-order valence-electron chi connectivity index (χ2n) is 15.0. The molecule has 24 heteroatoms. The average molecular weight is 1030 g/mol. The van der Waals surface area contributed by atoms with Crippen LogP contribution in [0.4, 0.5) is 61.5 Å². The average Bonchev–Trinajstić information content (AvgIpc) is 3.89. The van der Waals surface area contributed by atoms with Crippen LogP contribution in [-0.2, 0) is 16.1 Å². The van der Waals surface area contributed by atoms with E-state index >= 15 is 0 Å². The van der Waals surface area contributed by atoms with Crippen LogP contribution in [0.1, 0.15) is 54.1 Å². The number of ether oxygens (including phenoxy) is 1. The Morgan fingerprint density at radius 2 is 0.812 bits per heavy atom. The number of carboxylic acids is 1. The van der Waals surface area contributed by atoms with Gasteiger partial charge in [-0.15, -0.1) is 0 Å². The van der Waals surface area contributed by atoms with E-state index in [9.17, 15) is 76.2 Å². The maximum Gasteiger partial charge on any atom is 1.00 e. The van der Waals surface area contributed by atoms with Crippen LogP contribution in [0.5, 0.6) is 0 Å². The summed E-state index contributed by atoms with van der Waals surface area (Å²) in [5.41, 5.74) is -11.5. The summed E-state index contributed by atoms with van der Waals surface area (Å²) in [6, 6.07) is 14.2. The number of aromatic carboxylic acids is 1. The molecule has 7 nitrogen and oxygen atoms in total. The number of hydrogen-bond acceptors (Lipinski definition) is 4. The van der Waals surface area contributed by atoms with Gasteiger partial charge in [-0.05, 0) is 109 Å². The first-order chi connectivity index (χ1) is 30.7. The van der Waals surface area contributed by atoms with Crippen LogP contribution in [0.3, 0.4) is 0 Å². The largest absolute Gasteiger partial charge is 1.00 e. The molecule has 0 unspecified atom stereocenters. The van der Waals surface area contributed by atoms with Crippen molar-refractivity contribution in [1.82, 2.24) is 9.13 Å². The summed E-state index contributed by atoms with van der Waals surface area (Å²) in [6.45, 7) is 5.11. The Balaban J connectivity index is 0.000000355. The van der Waals surface area contributed by atoms with Crippen molar-refractivity contribution in [2.24, 2.45) is 0 Å². The molecule has 0 radical (unpaired) electrons. The minimum atomic E-state index is -6.21. The number of alkyl halides is 14. The summed E-state index contributed by atoms with van der Waals surface area (Å²) < 4.78 is 194. The molecule has 2 N–H and O–H groups in total. The zero-order chi connectivity index (χ0) is 50.6. The van der Waals surface area contributed by atoms with Crippen molar-refractivity contribution >= 4 is 35.1 Å². The maximum absolute atomic E-state index is 14.5. The van der Waals surface area contributed by atoms with Gasteiger partial charge in [-0.1, -0.05) is 59.6 Å². The Kier molecular flexibility index (Phi) is 17.2. The van der Waals surface area contributed by atoms with E-state index in [0.29, 0.717) is 46.5 Å². The number of hydrogen-bond donors (Lipinski definition) is 1. The van der Waals surface area contributed by atoms with Crippen molar-refractivity contribution < 1.29 is 105 Å². The molecule has 0 aliphatic carbocycles. The number of carbonyl (C=O) groups excluding carboxylic acids is 1. The van der Waals surface area contributed by atoms with E-state index in [2.05, 4.69) is 4.74 Å². The predicted octanol–water partition coefficient (Wildman–Crippen LogP) is 11.7. The van der Waals surface area contributed by atoms with Gasteiger partial charge in [0.2, 0.25) is 0 Å². The molecular formula is C45H33Cl2F14LiN2O5. The van der Waals surface area contributed by atoms with Gasteiger partial charge >= 0.3 is 66.8 Å². The molecule has 366 valence electrons. The van der Waals surface area contributed by atoms with Crippen LogP contribution in [0.15, 0.2) is 97.6 Å². The topological polar surface area (TPSA) is 103 Å². The number of benzene rings is 4. The van der Waals surface area contributed by atoms with Crippen LogP contribution in [0, 0.1) is 27.7 Å². The number of nitrogens with zero attached hydrogens (tertiary/aromatic N) is 2. The molecule has 0 atom stereocenters. The molecule has 2 heterocycles. The third-order valence-electron chi connectivity index (χ3n) is 10.5. The van der Waals surface area contributed by atoms with Crippen LogP contribution in [0.2, 0.25) is 10.0 Å². The van der Waals surface area contributed by atoms with Gasteiger partial charge in [-0.2, -0.15) is 52.7 Å². The molecule has 0 aliphatic heterocycles. The zero-order valence-electron chi connectivity index (χ0n) is 36.3. The molecule has 0 spiro atoms. The van der Waals surface area contributed by atoms with E-state index in [1.54, 1.807) is 30.5 Å². The van der Waals surface area contributed by atoms with E-state index in [1.807, 2.05) is 0 Å². The molecule has 0 amide bonds. The van der Waals surface area contributed by atoms with Crippen molar-refractivity contribution in [3.8, 4) is 33.6 Å². The molecule has 0 fully saturated rings. The molecule has 6 rings (SSSR count). The van der Waals surface area contributed by atoms with Gasteiger partial charge in [0.1, 0.15) is 0 Å². The van der Waals surface area contributed by atoms with Crippen molar-refractivity contribution in [3.05, 3.63) is 152 Å². The Hall–Kier alpha value is -5.46. The van der Waals surface area contributed by atoms with E-state index in [-0.39, 0.29) is 79.1 Å². The normalized spacial score (nSPS) is 12.4. The minimum Gasteiger partial charge on any atom is -0.870 e. The fourth-order valence-corrected chi connectivity index (χ4v) is 7.75. The number of aryl methyl sites for hydroxylation is 4. The first-order valence-corrected chi connectivity index (χ1v) is 19.6. The monoisotopic (exact) mass is 1020 g/mol. The van der Waals surface area contributed by atoms with Gasteiger partial charge in [0.15, 0.2) is 0 Å². The molecule has 0 saturated carbocycles. The van der Waals surface area contributed by atoms with Crippen molar-refractivity contribution in [2.75, 3.05) is 7.11 Å². The fourth-order valence-electron chi connectivity index (χ4n) is 7.35. The Morgan fingerprint density at radius 1 is 0.507 bits per heavy atom. The van der Waals surface area contributed by atoms with Crippen LogP contribution in [-0.4, -0.2) is 63.5 Å². The molecule has 4 aromatic carbocycles. The SMILES string of the molecule is COC(=O)c1cc(-c2ccn(-c3c(C)cc(C(F)(C(F)(F)F)C(F)(F)F)cc3C)c2)ccc1Cl.Cc1cc(C(F)(C(F)(F)F)C(F)(F)F)cc(C)c1-n1ccc(-c2ccc(Cl)c(C(=O)O)c2)c1.[Li+].[OH-]. The number of carboxylic acid groups (broad SMARTS) is 1. The van der Waals surface area contributed by atoms with Gasteiger partial charge in [0.25, 0.3) is 0 Å². The molecular weight excluding hydrogens is 992 g/mol. The molecule has 6 aromatic rings. The Morgan fingerprint density at radius 3 is 1.10 bits per heavy atom. The third-order valence-corrected chi connectivity index (χ3v) is 11.1. The Labute approximate surface area is 404 Å². The quantitative estimate of drug-likeness (QED) is 0.0929. The zero-order valence-corrected chi connectivity index (χ0v) is 37.8. The van der Waals surface area contributed by atoms with E-state index in [1.165, 1.54) is 86.8 Å². The number of rotatable bonds is 8.